The van der Waals surface area contributed by atoms with Crippen molar-refractivity contribution in [3.05, 3.63) is 75.3 Å². The first-order valence-corrected chi connectivity index (χ1v) is 12.6. The van der Waals surface area contributed by atoms with E-state index in [1.54, 1.807) is 30.3 Å². The van der Waals surface area contributed by atoms with Crippen molar-refractivity contribution in [2.24, 2.45) is 11.7 Å². The summed E-state index contributed by atoms with van der Waals surface area (Å²) in [6.45, 7) is 10.3. The van der Waals surface area contributed by atoms with Crippen LogP contribution in [-0.2, 0) is 18.4 Å². The molecule has 4 heterocycles. The molecule has 0 saturated heterocycles. The predicted molar refractivity (Wildman–Crippen MR) is 145 cm³/mol. The lowest BCUT2D eigenvalue weighted by atomic mass is 9.89. The van der Waals surface area contributed by atoms with Crippen molar-refractivity contribution in [3.8, 4) is 17.2 Å². The Morgan fingerprint density at radius 1 is 1.21 bits per heavy atom. The van der Waals surface area contributed by atoms with Gasteiger partial charge in [-0.25, -0.2) is 9.78 Å². The van der Waals surface area contributed by atoms with E-state index in [0.717, 1.165) is 0 Å². The summed E-state index contributed by atoms with van der Waals surface area (Å²) in [5, 5.41) is 13.3. The van der Waals surface area contributed by atoms with Crippen molar-refractivity contribution < 1.29 is 13.7 Å². The molecule has 10 nitrogen and oxygen atoms in total. The molecule has 0 aliphatic carbocycles. The van der Waals surface area contributed by atoms with Crippen molar-refractivity contribution in [2.75, 3.05) is 0 Å². The van der Waals surface area contributed by atoms with E-state index in [0.29, 0.717) is 62.4 Å². The summed E-state index contributed by atoms with van der Waals surface area (Å²) < 4.78 is 12.9. The molecule has 0 unspecified atom stereocenters. The minimum atomic E-state index is -0.630. The number of benzene rings is 1. The zero-order valence-electron chi connectivity index (χ0n) is 22.4. The van der Waals surface area contributed by atoms with Gasteiger partial charge in [-0.3, -0.25) is 14.3 Å². The molecule has 0 saturated carbocycles. The van der Waals surface area contributed by atoms with Gasteiger partial charge in [-0.05, 0) is 42.2 Å². The maximum atomic E-state index is 12.8. The SMILES string of the molecule is CC(C)Cc1nc2c(C(C)(C)C)noc2c(-c2ccc3c(c2)oc(=O)n3Cc2ccc(C#N)cn2)c1C(N)=O. The van der Waals surface area contributed by atoms with E-state index < -0.39 is 11.7 Å². The van der Waals surface area contributed by atoms with Gasteiger partial charge >= 0.3 is 5.76 Å². The number of carbonyl (C=O) groups is 1. The van der Waals surface area contributed by atoms with Gasteiger partial charge in [-0.1, -0.05) is 45.8 Å². The zero-order valence-corrected chi connectivity index (χ0v) is 22.4. The summed E-state index contributed by atoms with van der Waals surface area (Å²) in [5.41, 5.74) is 11.0. The average molecular weight is 525 g/mol. The van der Waals surface area contributed by atoms with Crippen LogP contribution in [0.3, 0.4) is 0 Å². The summed E-state index contributed by atoms with van der Waals surface area (Å²) >= 11 is 0. The van der Waals surface area contributed by atoms with E-state index in [2.05, 4.69) is 10.1 Å². The predicted octanol–water partition coefficient (Wildman–Crippen LogP) is 4.71. The minimum absolute atomic E-state index is 0.165. The molecule has 5 aromatic rings. The Balaban J connectivity index is 1.72. The molecule has 0 atom stereocenters. The summed E-state index contributed by atoms with van der Waals surface area (Å²) in [5.74, 6) is -0.975. The number of pyridine rings is 2. The highest BCUT2D eigenvalue weighted by molar-refractivity contribution is 6.08. The lowest BCUT2D eigenvalue weighted by Gasteiger charge is -2.17. The monoisotopic (exact) mass is 524 g/mol. The van der Waals surface area contributed by atoms with Crippen molar-refractivity contribution >= 4 is 28.1 Å². The number of hydrogen-bond acceptors (Lipinski definition) is 8. The fourth-order valence-electron chi connectivity index (χ4n) is 4.69. The second-order valence-electron chi connectivity index (χ2n) is 11.0. The third-order valence-corrected chi connectivity index (χ3v) is 6.47. The third kappa shape index (κ3) is 4.68. The van der Waals surface area contributed by atoms with Gasteiger partial charge in [0.1, 0.15) is 17.3 Å². The summed E-state index contributed by atoms with van der Waals surface area (Å²) in [4.78, 5) is 34.7. The van der Waals surface area contributed by atoms with Gasteiger partial charge in [0.15, 0.2) is 11.2 Å². The zero-order chi connectivity index (χ0) is 28.1. The number of fused-ring (bicyclic) bond motifs is 2. The highest BCUT2D eigenvalue weighted by atomic mass is 16.5. The largest absolute Gasteiger partial charge is 0.420 e. The first-order valence-electron chi connectivity index (χ1n) is 12.6. The number of primary amides is 1. The minimum Gasteiger partial charge on any atom is -0.408 e. The number of amides is 1. The third-order valence-electron chi connectivity index (χ3n) is 6.47. The standard InChI is InChI=1S/C29H28N6O4/c1-15(2)10-19-23(27(31)36)22(25-24(33-19)26(34-39-25)29(3,4)5)17-7-9-20-21(11-17)38-28(37)35(20)14-18-8-6-16(12-30)13-32-18/h6-9,11,13,15H,10,14H2,1-5H3,(H2,31,36). The number of nitriles is 1. The van der Waals surface area contributed by atoms with Gasteiger partial charge < -0.3 is 14.7 Å². The van der Waals surface area contributed by atoms with Gasteiger partial charge in [0.25, 0.3) is 5.91 Å². The Labute approximate surface area is 224 Å². The maximum Gasteiger partial charge on any atom is 0.420 e. The van der Waals surface area contributed by atoms with E-state index in [1.807, 2.05) is 40.7 Å². The molecule has 0 radical (unpaired) electrons. The summed E-state index contributed by atoms with van der Waals surface area (Å²) in [7, 11) is 0. The molecule has 198 valence electrons. The first kappa shape index (κ1) is 25.9. The second-order valence-corrected chi connectivity index (χ2v) is 11.0. The van der Waals surface area contributed by atoms with Crippen molar-refractivity contribution in [3.63, 3.8) is 0 Å². The number of nitrogens with two attached hydrogens (primary N) is 1. The molecular weight excluding hydrogens is 496 g/mol. The van der Waals surface area contributed by atoms with Crippen molar-refractivity contribution in [1.29, 1.82) is 5.26 Å². The summed E-state index contributed by atoms with van der Waals surface area (Å²) in [6.07, 6.45) is 1.99. The van der Waals surface area contributed by atoms with Crippen LogP contribution in [0, 0.1) is 17.2 Å². The van der Waals surface area contributed by atoms with E-state index >= 15 is 0 Å². The van der Waals surface area contributed by atoms with Gasteiger partial charge in [0, 0.05) is 17.2 Å². The molecule has 10 heteroatoms. The molecule has 4 aromatic heterocycles. The van der Waals surface area contributed by atoms with Crippen LogP contribution in [0.5, 0.6) is 0 Å². The molecule has 5 rings (SSSR count). The Morgan fingerprint density at radius 3 is 2.59 bits per heavy atom. The molecule has 0 bridgehead atoms. The number of hydrogen-bond donors (Lipinski definition) is 1. The second kappa shape index (κ2) is 9.51. The van der Waals surface area contributed by atoms with Crippen LogP contribution in [0.1, 0.15) is 67.6 Å². The molecule has 0 spiro atoms. The van der Waals surface area contributed by atoms with Crippen LogP contribution in [0.15, 0.2) is 50.3 Å². The Kier molecular flexibility index (Phi) is 6.30. The van der Waals surface area contributed by atoms with Crippen LogP contribution in [0.2, 0.25) is 0 Å². The normalized spacial score (nSPS) is 11.9. The molecule has 0 aliphatic heterocycles. The van der Waals surface area contributed by atoms with Gasteiger partial charge in [-0.2, -0.15) is 5.26 Å². The van der Waals surface area contributed by atoms with Crippen molar-refractivity contribution in [1.82, 2.24) is 19.7 Å². The van der Waals surface area contributed by atoms with Crippen LogP contribution < -0.4 is 11.5 Å². The highest BCUT2D eigenvalue weighted by Crippen LogP contribution is 2.39. The van der Waals surface area contributed by atoms with E-state index in [1.165, 1.54) is 10.8 Å². The Morgan fingerprint density at radius 2 is 1.97 bits per heavy atom. The molecule has 1 amide bonds. The molecule has 39 heavy (non-hydrogen) atoms. The first-order chi connectivity index (χ1) is 18.5. The molecule has 0 aliphatic rings. The summed E-state index contributed by atoms with van der Waals surface area (Å²) in [6, 6.07) is 10.6. The van der Waals surface area contributed by atoms with Gasteiger partial charge in [0.05, 0.1) is 34.6 Å². The van der Waals surface area contributed by atoms with E-state index in [9.17, 15) is 9.59 Å². The lowest BCUT2D eigenvalue weighted by molar-refractivity contribution is 0.0999. The van der Waals surface area contributed by atoms with Crippen LogP contribution in [0.4, 0.5) is 0 Å². The number of aromatic nitrogens is 4. The quantitative estimate of drug-likeness (QED) is 0.335. The highest BCUT2D eigenvalue weighted by Gasteiger charge is 2.30. The van der Waals surface area contributed by atoms with Gasteiger partial charge in [0.2, 0.25) is 0 Å². The Hall–Kier alpha value is -4.78. The number of carbonyl (C=O) groups excluding carboxylic acids is 1. The lowest BCUT2D eigenvalue weighted by Crippen LogP contribution is -2.19. The topological polar surface area (TPSA) is 154 Å². The molecular formula is C29H28N6O4. The van der Waals surface area contributed by atoms with Crippen LogP contribution in [-0.4, -0.2) is 25.6 Å². The van der Waals surface area contributed by atoms with Gasteiger partial charge in [-0.15, -0.1) is 0 Å². The van der Waals surface area contributed by atoms with Crippen LogP contribution in [0.25, 0.3) is 33.3 Å². The maximum absolute atomic E-state index is 12.8. The van der Waals surface area contributed by atoms with Crippen molar-refractivity contribution in [2.45, 2.75) is 53.0 Å². The van der Waals surface area contributed by atoms with E-state index in [4.69, 9.17) is 24.9 Å². The molecule has 0 fully saturated rings. The average Bonchev–Trinajstić information content (AvgIpc) is 3.43. The number of oxazole rings is 1. The Bertz CT molecular complexity index is 1830. The fourth-order valence-corrected chi connectivity index (χ4v) is 4.69. The number of rotatable bonds is 6. The van der Waals surface area contributed by atoms with E-state index in [-0.39, 0.29) is 23.4 Å². The smallest absolute Gasteiger partial charge is 0.408 e. The number of nitrogens with zero attached hydrogens (tertiary/aromatic N) is 5. The van der Waals surface area contributed by atoms with Crippen LogP contribution >= 0.6 is 0 Å². The molecule has 1 aromatic carbocycles. The fraction of sp³-hybridized carbons (Fsp3) is 0.310. The molecule has 2 N–H and O–H groups in total.